The third kappa shape index (κ3) is 61.7. The van der Waals surface area contributed by atoms with Crippen LogP contribution in [0.1, 0.15) is 393 Å². The molecule has 6 heteroatoms. The maximum Gasteiger partial charge on any atom is 0.305 e. The fourth-order valence-electron chi connectivity index (χ4n) is 11.1. The number of amides is 1. The third-order valence-electron chi connectivity index (χ3n) is 16.3. The van der Waals surface area contributed by atoms with Crippen LogP contribution in [0.5, 0.6) is 0 Å². The first-order valence-electron chi connectivity index (χ1n) is 34.4. The van der Waals surface area contributed by atoms with Gasteiger partial charge in [0.1, 0.15) is 0 Å². The fourth-order valence-corrected chi connectivity index (χ4v) is 11.1. The Labute approximate surface area is 469 Å². The van der Waals surface area contributed by atoms with Gasteiger partial charge in [-0.05, 0) is 51.4 Å². The second-order valence-corrected chi connectivity index (χ2v) is 23.9. The van der Waals surface area contributed by atoms with Crippen molar-refractivity contribution in [1.82, 2.24) is 5.32 Å². The van der Waals surface area contributed by atoms with Crippen molar-refractivity contribution in [1.29, 1.82) is 0 Å². The van der Waals surface area contributed by atoms with E-state index in [1.54, 1.807) is 0 Å². The normalized spacial score (nSPS) is 12.5. The van der Waals surface area contributed by atoms with Crippen molar-refractivity contribution < 1.29 is 24.5 Å². The molecule has 0 aliphatic rings. The molecule has 0 saturated carbocycles. The molecule has 0 heterocycles. The van der Waals surface area contributed by atoms with Crippen LogP contribution in [0.2, 0.25) is 0 Å². The lowest BCUT2D eigenvalue weighted by Gasteiger charge is -2.22. The molecule has 0 radical (unpaired) electrons. The highest BCUT2D eigenvalue weighted by Gasteiger charge is 2.20. The van der Waals surface area contributed by atoms with E-state index >= 15 is 0 Å². The van der Waals surface area contributed by atoms with Crippen LogP contribution in [-0.4, -0.2) is 47.4 Å². The van der Waals surface area contributed by atoms with Gasteiger partial charge in [0.25, 0.3) is 0 Å². The van der Waals surface area contributed by atoms with Crippen LogP contribution in [0, 0.1) is 0 Å². The molecule has 446 valence electrons. The highest BCUT2D eigenvalue weighted by molar-refractivity contribution is 5.76. The predicted octanol–water partition coefficient (Wildman–Crippen LogP) is 22.0. The van der Waals surface area contributed by atoms with E-state index in [-0.39, 0.29) is 18.5 Å². The van der Waals surface area contributed by atoms with Gasteiger partial charge in [-0.25, -0.2) is 0 Å². The summed E-state index contributed by atoms with van der Waals surface area (Å²) < 4.78 is 5.49. The molecule has 0 aromatic carbocycles. The number of carbonyl (C=O) groups excluding carboxylic acids is 2. The van der Waals surface area contributed by atoms with Crippen LogP contribution < -0.4 is 5.32 Å². The van der Waals surface area contributed by atoms with E-state index in [2.05, 4.69) is 31.3 Å². The van der Waals surface area contributed by atoms with Crippen molar-refractivity contribution in [3.8, 4) is 0 Å². The van der Waals surface area contributed by atoms with Gasteiger partial charge >= 0.3 is 5.97 Å². The standard InChI is InChI=1S/C69H135NO5/c1-3-5-7-9-11-13-15-17-19-20-21-22-25-28-31-34-37-41-45-49-53-57-61-67(72)66(65-71)70-68(73)62-58-54-50-46-42-38-35-32-29-26-23-24-27-30-33-36-40-44-48-52-56-60-64-75-69(74)63-59-55-51-47-43-39-18-16-14-12-10-8-6-4-2/h26,29,66-67,71-72H,3-25,27-28,30-65H2,1-2H3,(H,70,73)/b29-26-. The molecule has 2 unspecified atom stereocenters. The summed E-state index contributed by atoms with van der Waals surface area (Å²) in [6.45, 7) is 4.99. The summed E-state index contributed by atoms with van der Waals surface area (Å²) >= 11 is 0. The van der Waals surface area contributed by atoms with Crippen molar-refractivity contribution in [2.45, 2.75) is 405 Å². The third-order valence-corrected chi connectivity index (χ3v) is 16.3. The Bertz CT molecular complexity index is 1130. The Kier molecular flexibility index (Phi) is 63.9. The van der Waals surface area contributed by atoms with Gasteiger partial charge in [0, 0.05) is 12.8 Å². The summed E-state index contributed by atoms with van der Waals surface area (Å²) in [5, 5.41) is 23.4. The number of hydrogen-bond donors (Lipinski definition) is 3. The number of hydrogen-bond acceptors (Lipinski definition) is 5. The van der Waals surface area contributed by atoms with E-state index in [0.717, 1.165) is 38.5 Å². The van der Waals surface area contributed by atoms with Crippen LogP contribution in [-0.2, 0) is 14.3 Å². The van der Waals surface area contributed by atoms with Crippen molar-refractivity contribution >= 4 is 11.9 Å². The topological polar surface area (TPSA) is 95.9 Å². The number of unbranched alkanes of at least 4 members (excludes halogenated alkanes) is 52. The summed E-state index contributed by atoms with van der Waals surface area (Å²) in [6, 6.07) is -0.547. The summed E-state index contributed by atoms with van der Waals surface area (Å²) in [7, 11) is 0. The molecule has 3 N–H and O–H groups in total. The highest BCUT2D eigenvalue weighted by Crippen LogP contribution is 2.19. The molecule has 0 aromatic rings. The lowest BCUT2D eigenvalue weighted by Crippen LogP contribution is -2.45. The van der Waals surface area contributed by atoms with Crippen LogP contribution in [0.25, 0.3) is 0 Å². The van der Waals surface area contributed by atoms with E-state index in [1.165, 1.54) is 321 Å². The van der Waals surface area contributed by atoms with Gasteiger partial charge in [-0.2, -0.15) is 0 Å². The van der Waals surface area contributed by atoms with E-state index in [9.17, 15) is 19.8 Å². The van der Waals surface area contributed by atoms with Crippen molar-refractivity contribution in [3.05, 3.63) is 12.2 Å². The molecule has 0 fully saturated rings. The molecule has 6 nitrogen and oxygen atoms in total. The average molecular weight is 1060 g/mol. The second kappa shape index (κ2) is 65.1. The molecular formula is C69H135NO5. The molecule has 0 aliphatic carbocycles. The molecule has 1 amide bonds. The molecule has 75 heavy (non-hydrogen) atoms. The van der Waals surface area contributed by atoms with E-state index in [0.29, 0.717) is 25.9 Å². The summed E-state index contributed by atoms with van der Waals surface area (Å²) in [6.07, 6.45) is 79.6. The van der Waals surface area contributed by atoms with Crippen LogP contribution in [0.15, 0.2) is 12.2 Å². The Balaban J connectivity index is 3.41. The average Bonchev–Trinajstić information content (AvgIpc) is 3.41. The highest BCUT2D eigenvalue weighted by atomic mass is 16.5. The number of rotatable bonds is 65. The van der Waals surface area contributed by atoms with E-state index < -0.39 is 12.1 Å². The molecule has 0 aliphatic heterocycles. The minimum absolute atomic E-state index is 0.0134. The number of esters is 1. The zero-order valence-electron chi connectivity index (χ0n) is 51.1. The van der Waals surface area contributed by atoms with Crippen LogP contribution in [0.4, 0.5) is 0 Å². The predicted molar refractivity (Wildman–Crippen MR) is 329 cm³/mol. The van der Waals surface area contributed by atoms with Gasteiger partial charge in [0.05, 0.1) is 25.4 Å². The first-order valence-corrected chi connectivity index (χ1v) is 34.4. The molecular weight excluding hydrogens is 923 g/mol. The Morgan fingerprint density at radius 3 is 0.947 bits per heavy atom. The number of carbonyl (C=O) groups is 2. The van der Waals surface area contributed by atoms with Crippen LogP contribution in [0.3, 0.4) is 0 Å². The molecule has 0 saturated heterocycles. The molecule has 0 spiro atoms. The largest absolute Gasteiger partial charge is 0.466 e. The van der Waals surface area contributed by atoms with Gasteiger partial charge in [-0.15, -0.1) is 0 Å². The van der Waals surface area contributed by atoms with Gasteiger partial charge in [0.15, 0.2) is 0 Å². The Morgan fingerprint density at radius 1 is 0.360 bits per heavy atom. The molecule has 0 bridgehead atoms. The van der Waals surface area contributed by atoms with Gasteiger partial charge in [0.2, 0.25) is 5.91 Å². The number of aliphatic hydroxyl groups excluding tert-OH is 2. The first-order chi connectivity index (χ1) is 37.0. The monoisotopic (exact) mass is 1060 g/mol. The minimum atomic E-state index is -0.669. The molecule has 0 rings (SSSR count). The maximum absolute atomic E-state index is 12.5. The van der Waals surface area contributed by atoms with Crippen molar-refractivity contribution in [2.75, 3.05) is 13.2 Å². The lowest BCUT2D eigenvalue weighted by atomic mass is 10.0. The number of nitrogens with one attached hydrogen (secondary N) is 1. The van der Waals surface area contributed by atoms with Crippen molar-refractivity contribution in [3.63, 3.8) is 0 Å². The number of ether oxygens (including phenoxy) is 1. The van der Waals surface area contributed by atoms with Gasteiger partial charge in [-0.3, -0.25) is 9.59 Å². The minimum Gasteiger partial charge on any atom is -0.466 e. The summed E-state index contributed by atoms with van der Waals surface area (Å²) in [5.41, 5.74) is 0. The number of aliphatic hydroxyl groups is 2. The smallest absolute Gasteiger partial charge is 0.305 e. The number of allylic oxidation sites excluding steroid dienone is 2. The Morgan fingerprint density at radius 2 is 0.627 bits per heavy atom. The zero-order chi connectivity index (χ0) is 54.3. The lowest BCUT2D eigenvalue weighted by molar-refractivity contribution is -0.143. The van der Waals surface area contributed by atoms with Crippen LogP contribution >= 0.6 is 0 Å². The summed E-state index contributed by atoms with van der Waals surface area (Å²) in [5.74, 6) is -0.0238. The molecule has 0 aromatic heterocycles. The zero-order valence-corrected chi connectivity index (χ0v) is 51.1. The van der Waals surface area contributed by atoms with E-state index in [1.807, 2.05) is 0 Å². The molecule has 2 atom stereocenters. The van der Waals surface area contributed by atoms with E-state index in [4.69, 9.17) is 4.74 Å². The Hall–Kier alpha value is -1.40. The maximum atomic E-state index is 12.5. The van der Waals surface area contributed by atoms with Crippen molar-refractivity contribution in [2.24, 2.45) is 0 Å². The summed E-state index contributed by atoms with van der Waals surface area (Å²) in [4.78, 5) is 24.6. The first kappa shape index (κ1) is 73.6. The second-order valence-electron chi connectivity index (χ2n) is 23.9. The quantitative estimate of drug-likeness (QED) is 0.0320. The van der Waals surface area contributed by atoms with Gasteiger partial charge < -0.3 is 20.3 Å². The SMILES string of the molecule is CCCCCCCCCCCCCCCCCCCCCCCCC(O)C(CO)NC(=O)CCCCCCCCC/C=C\CCCCCCCCCCCCCOC(=O)CCCCCCCCCCCCCCCC. The fraction of sp³-hybridized carbons (Fsp3) is 0.942. The van der Waals surface area contributed by atoms with Gasteiger partial charge in [-0.1, -0.05) is 341 Å².